The van der Waals surface area contributed by atoms with Crippen molar-refractivity contribution in [2.24, 2.45) is 11.3 Å². The van der Waals surface area contributed by atoms with Crippen LogP contribution in [0, 0.1) is 11.3 Å². The molecule has 7 heteroatoms. The minimum atomic E-state index is -0.0493. The second kappa shape index (κ2) is 6.04. The Morgan fingerprint density at radius 2 is 2.29 bits per heavy atom. The number of carbonyl (C=O) groups is 1. The summed E-state index contributed by atoms with van der Waals surface area (Å²) in [6.45, 7) is 4.14. The molecule has 4 rings (SSSR count). The van der Waals surface area contributed by atoms with Gasteiger partial charge < -0.3 is 19.5 Å². The van der Waals surface area contributed by atoms with E-state index in [1.54, 1.807) is 6.20 Å². The zero-order valence-electron chi connectivity index (χ0n) is 14.2. The first-order chi connectivity index (χ1) is 11.6. The molecule has 0 aromatic carbocycles. The maximum absolute atomic E-state index is 11.6. The zero-order chi connectivity index (χ0) is 16.7. The lowest BCUT2D eigenvalue weighted by atomic mass is 9.74. The molecular weight excluding hydrogens is 310 g/mol. The van der Waals surface area contributed by atoms with Gasteiger partial charge in [-0.25, -0.2) is 0 Å². The minimum absolute atomic E-state index is 0.00617. The van der Waals surface area contributed by atoms with Crippen LogP contribution >= 0.6 is 0 Å². The number of nitrogens with one attached hydrogen (secondary N) is 1. The molecule has 3 aliphatic rings. The van der Waals surface area contributed by atoms with Crippen molar-refractivity contribution in [3.63, 3.8) is 0 Å². The van der Waals surface area contributed by atoms with Gasteiger partial charge in [-0.05, 0) is 31.6 Å². The Labute approximate surface area is 141 Å². The summed E-state index contributed by atoms with van der Waals surface area (Å²) in [5, 5.41) is 7.89. The Balaban J connectivity index is 1.27. The third-order valence-corrected chi connectivity index (χ3v) is 5.68. The van der Waals surface area contributed by atoms with E-state index in [-0.39, 0.29) is 29.4 Å². The largest absolute Gasteiger partial charge is 0.483 e. The van der Waals surface area contributed by atoms with E-state index >= 15 is 0 Å². The molecule has 1 saturated heterocycles. The SMILES string of the molecule is CCn1cc(O[C@@H]2COC[C@@H]2NC2CC3(C2)CC3C(=O)OC)cn1. The Morgan fingerprint density at radius 3 is 3.00 bits per heavy atom. The Morgan fingerprint density at radius 1 is 1.46 bits per heavy atom. The van der Waals surface area contributed by atoms with Crippen LogP contribution in [-0.4, -0.2) is 54.3 Å². The van der Waals surface area contributed by atoms with E-state index in [1.807, 2.05) is 17.8 Å². The first kappa shape index (κ1) is 15.9. The number of nitrogens with zero attached hydrogens (tertiary/aromatic N) is 2. The fourth-order valence-electron chi connectivity index (χ4n) is 4.18. The highest BCUT2D eigenvalue weighted by Crippen LogP contribution is 2.65. The second-order valence-electron chi connectivity index (χ2n) is 7.25. The van der Waals surface area contributed by atoms with Crippen LogP contribution in [0.2, 0.25) is 0 Å². The van der Waals surface area contributed by atoms with Gasteiger partial charge in [0.25, 0.3) is 0 Å². The molecule has 3 fully saturated rings. The maximum Gasteiger partial charge on any atom is 0.309 e. The van der Waals surface area contributed by atoms with E-state index in [0.29, 0.717) is 19.3 Å². The van der Waals surface area contributed by atoms with Crippen molar-refractivity contribution in [3.8, 4) is 5.75 Å². The summed E-state index contributed by atoms with van der Waals surface area (Å²) >= 11 is 0. The summed E-state index contributed by atoms with van der Waals surface area (Å²) in [7, 11) is 1.47. The molecule has 7 nitrogen and oxygen atoms in total. The molecule has 2 aliphatic carbocycles. The highest BCUT2D eigenvalue weighted by atomic mass is 16.5. The van der Waals surface area contributed by atoms with E-state index in [4.69, 9.17) is 14.2 Å². The lowest BCUT2D eigenvalue weighted by Crippen LogP contribution is -2.53. The Kier molecular flexibility index (Phi) is 4.00. The first-order valence-corrected chi connectivity index (χ1v) is 8.74. The van der Waals surface area contributed by atoms with Crippen molar-refractivity contribution >= 4 is 5.97 Å². The number of hydrogen-bond acceptors (Lipinski definition) is 6. The van der Waals surface area contributed by atoms with E-state index in [9.17, 15) is 4.79 Å². The summed E-state index contributed by atoms with van der Waals surface area (Å²) in [5.41, 5.74) is 0.211. The molecule has 1 spiro atoms. The molecule has 0 radical (unpaired) electrons. The van der Waals surface area contributed by atoms with Crippen molar-refractivity contribution in [2.45, 2.75) is 50.9 Å². The molecule has 2 heterocycles. The maximum atomic E-state index is 11.6. The van der Waals surface area contributed by atoms with Crippen LogP contribution in [0.1, 0.15) is 26.2 Å². The molecule has 1 N–H and O–H groups in total. The topological polar surface area (TPSA) is 74.6 Å². The molecule has 1 aromatic heterocycles. The molecule has 2 saturated carbocycles. The van der Waals surface area contributed by atoms with Crippen molar-refractivity contribution in [2.75, 3.05) is 20.3 Å². The Hall–Kier alpha value is -1.60. The lowest BCUT2D eigenvalue weighted by molar-refractivity contribution is -0.143. The summed E-state index contributed by atoms with van der Waals surface area (Å²) in [5.74, 6) is 0.858. The standard InChI is InChI=1S/C17H25N3O4/c1-3-20-8-12(7-18-20)24-15-10-23-9-14(15)19-11-4-17(5-11)6-13(17)16(21)22-2/h7-8,11,13-15,19H,3-6,9-10H2,1-2H3/t11?,13?,14-,15+,17?/m0/s1. The molecular formula is C17H25N3O4. The van der Waals surface area contributed by atoms with Crippen molar-refractivity contribution in [1.29, 1.82) is 0 Å². The van der Waals surface area contributed by atoms with Gasteiger partial charge in [0.1, 0.15) is 6.10 Å². The number of rotatable bonds is 6. The van der Waals surface area contributed by atoms with Crippen LogP contribution < -0.4 is 10.1 Å². The highest BCUT2D eigenvalue weighted by molar-refractivity contribution is 5.77. The molecule has 1 aromatic rings. The lowest BCUT2D eigenvalue weighted by Gasteiger charge is -2.39. The van der Waals surface area contributed by atoms with Crippen LogP contribution in [0.15, 0.2) is 12.4 Å². The third kappa shape index (κ3) is 2.80. The van der Waals surface area contributed by atoms with Gasteiger partial charge in [0.15, 0.2) is 5.75 Å². The predicted molar refractivity (Wildman–Crippen MR) is 85.6 cm³/mol. The normalized spacial score (nSPS) is 37.2. The van der Waals surface area contributed by atoms with Gasteiger partial charge in [-0.2, -0.15) is 5.10 Å². The fourth-order valence-corrected chi connectivity index (χ4v) is 4.18. The van der Waals surface area contributed by atoms with E-state index in [2.05, 4.69) is 10.4 Å². The van der Waals surface area contributed by atoms with Crippen molar-refractivity contribution < 1.29 is 19.0 Å². The molecule has 24 heavy (non-hydrogen) atoms. The van der Waals surface area contributed by atoms with Crippen LogP contribution in [-0.2, 0) is 20.8 Å². The van der Waals surface area contributed by atoms with Gasteiger partial charge in [0, 0.05) is 12.6 Å². The smallest absolute Gasteiger partial charge is 0.309 e. The summed E-state index contributed by atoms with van der Waals surface area (Å²) in [6.07, 6.45) is 6.75. The van der Waals surface area contributed by atoms with Crippen molar-refractivity contribution in [3.05, 3.63) is 12.4 Å². The fraction of sp³-hybridized carbons (Fsp3) is 0.765. The summed E-state index contributed by atoms with van der Waals surface area (Å²) < 4.78 is 18.4. The molecule has 0 bridgehead atoms. The van der Waals surface area contributed by atoms with Gasteiger partial charge in [-0.1, -0.05) is 0 Å². The van der Waals surface area contributed by atoms with Gasteiger partial charge in [-0.3, -0.25) is 9.48 Å². The number of carbonyl (C=O) groups excluding carboxylic acids is 1. The monoisotopic (exact) mass is 335 g/mol. The molecule has 3 atom stereocenters. The number of methoxy groups -OCH3 is 1. The second-order valence-corrected chi connectivity index (χ2v) is 7.25. The van der Waals surface area contributed by atoms with Crippen LogP contribution in [0.25, 0.3) is 0 Å². The predicted octanol–water partition coefficient (Wildman–Crippen LogP) is 0.980. The summed E-state index contributed by atoms with van der Waals surface area (Å²) in [4.78, 5) is 11.6. The zero-order valence-corrected chi connectivity index (χ0v) is 14.2. The molecule has 1 unspecified atom stereocenters. The van der Waals surface area contributed by atoms with Gasteiger partial charge in [-0.15, -0.1) is 0 Å². The first-order valence-electron chi connectivity index (χ1n) is 8.74. The number of aryl methyl sites for hydroxylation is 1. The van der Waals surface area contributed by atoms with Gasteiger partial charge >= 0.3 is 5.97 Å². The Bertz CT molecular complexity index is 611. The average Bonchev–Trinajstić information content (AvgIpc) is 2.90. The van der Waals surface area contributed by atoms with Gasteiger partial charge in [0.05, 0.1) is 44.7 Å². The molecule has 132 valence electrons. The number of ether oxygens (including phenoxy) is 3. The number of aromatic nitrogens is 2. The van der Waals surface area contributed by atoms with Crippen LogP contribution in [0.5, 0.6) is 5.75 Å². The average molecular weight is 335 g/mol. The van der Waals surface area contributed by atoms with Crippen LogP contribution in [0.3, 0.4) is 0 Å². The molecule has 1 aliphatic heterocycles. The quantitative estimate of drug-likeness (QED) is 0.781. The van der Waals surface area contributed by atoms with E-state index in [0.717, 1.165) is 31.6 Å². The third-order valence-electron chi connectivity index (χ3n) is 5.68. The van der Waals surface area contributed by atoms with Gasteiger partial charge in [0.2, 0.25) is 0 Å². The van der Waals surface area contributed by atoms with E-state index in [1.165, 1.54) is 7.11 Å². The van der Waals surface area contributed by atoms with Crippen molar-refractivity contribution in [1.82, 2.24) is 15.1 Å². The van der Waals surface area contributed by atoms with Crippen LogP contribution in [0.4, 0.5) is 0 Å². The molecule has 0 amide bonds. The number of hydrogen-bond donors (Lipinski definition) is 1. The number of esters is 1. The summed E-state index contributed by atoms with van der Waals surface area (Å²) in [6, 6.07) is 0.628. The van der Waals surface area contributed by atoms with E-state index < -0.39 is 0 Å². The minimum Gasteiger partial charge on any atom is -0.483 e. The highest BCUT2D eigenvalue weighted by Gasteiger charge is 2.65.